The van der Waals surface area contributed by atoms with E-state index >= 15 is 0 Å². The van der Waals surface area contributed by atoms with Gasteiger partial charge in [0.05, 0.1) is 0 Å². The van der Waals surface area contributed by atoms with Gasteiger partial charge in [-0.2, -0.15) is 18.3 Å². The number of aromatic nitrogens is 3. The molecular formula is C11H13F3N4OS. The van der Waals surface area contributed by atoms with E-state index in [1.165, 1.54) is 12.4 Å². The van der Waals surface area contributed by atoms with Gasteiger partial charge < -0.3 is 5.32 Å². The lowest BCUT2D eigenvalue weighted by Crippen LogP contribution is -2.23. The molecule has 2 atom stereocenters. The molecule has 110 valence electrons. The van der Waals surface area contributed by atoms with E-state index in [9.17, 15) is 17.4 Å². The van der Waals surface area contributed by atoms with Gasteiger partial charge in [0.15, 0.2) is 11.5 Å². The van der Waals surface area contributed by atoms with Gasteiger partial charge in [-0.1, -0.05) is 0 Å². The fraction of sp³-hybridized carbons (Fsp3) is 0.455. The third kappa shape index (κ3) is 3.27. The summed E-state index contributed by atoms with van der Waals surface area (Å²) in [7, 11) is -1.00. The van der Waals surface area contributed by atoms with Gasteiger partial charge in [-0.25, -0.2) is 9.50 Å². The van der Waals surface area contributed by atoms with Gasteiger partial charge >= 0.3 is 6.18 Å². The fourth-order valence-electron chi connectivity index (χ4n) is 1.80. The third-order valence-electron chi connectivity index (χ3n) is 2.55. The quantitative estimate of drug-likeness (QED) is 0.937. The van der Waals surface area contributed by atoms with Gasteiger partial charge in [-0.3, -0.25) is 4.21 Å². The Kier molecular flexibility index (Phi) is 3.98. The molecule has 20 heavy (non-hydrogen) atoms. The average molecular weight is 306 g/mol. The van der Waals surface area contributed by atoms with E-state index in [1.54, 1.807) is 13.2 Å². The average Bonchev–Trinajstić information content (AvgIpc) is 2.72. The van der Waals surface area contributed by atoms with Crippen LogP contribution in [0.4, 0.5) is 19.0 Å². The summed E-state index contributed by atoms with van der Waals surface area (Å²) in [5, 5.41) is 6.41. The number of hydrogen-bond acceptors (Lipinski definition) is 4. The second-order valence-electron chi connectivity index (χ2n) is 4.42. The molecule has 0 amide bonds. The summed E-state index contributed by atoms with van der Waals surface area (Å²) in [6.07, 6.45) is -0.233. The SMILES string of the molecule is CC(CS(C)=O)Nc1nccn2nc(C(F)(F)F)cc12. The molecule has 2 aromatic rings. The Morgan fingerprint density at radius 1 is 1.50 bits per heavy atom. The maximum absolute atomic E-state index is 12.6. The van der Waals surface area contributed by atoms with Gasteiger partial charge in [0.2, 0.25) is 0 Å². The largest absolute Gasteiger partial charge is 0.435 e. The molecule has 0 radical (unpaired) electrons. The Hall–Kier alpha value is -1.64. The summed E-state index contributed by atoms with van der Waals surface area (Å²) in [6.45, 7) is 1.79. The zero-order valence-corrected chi connectivity index (χ0v) is 11.6. The van der Waals surface area contributed by atoms with Crippen LogP contribution in [0.5, 0.6) is 0 Å². The van der Waals surface area contributed by atoms with E-state index in [1.807, 2.05) is 0 Å². The number of halogens is 3. The number of anilines is 1. The maximum Gasteiger partial charge on any atom is 0.435 e. The van der Waals surface area contributed by atoms with Gasteiger partial charge in [0.1, 0.15) is 5.52 Å². The summed E-state index contributed by atoms with van der Waals surface area (Å²) >= 11 is 0. The second kappa shape index (κ2) is 5.39. The van der Waals surface area contributed by atoms with Crippen LogP contribution in [0.3, 0.4) is 0 Å². The van der Waals surface area contributed by atoms with Gasteiger partial charge in [-0.15, -0.1) is 0 Å². The minimum absolute atomic E-state index is 0.177. The van der Waals surface area contributed by atoms with Crippen LogP contribution in [0.15, 0.2) is 18.5 Å². The van der Waals surface area contributed by atoms with E-state index in [4.69, 9.17) is 0 Å². The molecule has 9 heteroatoms. The van der Waals surface area contributed by atoms with Crippen LogP contribution in [-0.2, 0) is 17.0 Å². The first-order valence-electron chi connectivity index (χ1n) is 5.75. The highest BCUT2D eigenvalue weighted by Crippen LogP contribution is 2.30. The smallest absolute Gasteiger partial charge is 0.365 e. The fourth-order valence-corrected chi connectivity index (χ4v) is 2.59. The van der Waals surface area contributed by atoms with E-state index in [0.29, 0.717) is 5.75 Å². The molecule has 0 spiro atoms. The molecule has 0 aliphatic rings. The lowest BCUT2D eigenvalue weighted by molar-refractivity contribution is -0.141. The molecule has 1 N–H and O–H groups in total. The third-order valence-corrected chi connectivity index (χ3v) is 3.52. The van der Waals surface area contributed by atoms with Crippen LogP contribution >= 0.6 is 0 Å². The summed E-state index contributed by atoms with van der Waals surface area (Å²) in [5.74, 6) is 0.664. The summed E-state index contributed by atoms with van der Waals surface area (Å²) < 4.78 is 50.2. The first-order chi connectivity index (χ1) is 9.27. The first kappa shape index (κ1) is 14.8. The highest BCUT2D eigenvalue weighted by Gasteiger charge is 2.34. The van der Waals surface area contributed by atoms with Crippen molar-refractivity contribution in [1.29, 1.82) is 0 Å². The molecule has 0 aliphatic heterocycles. The molecule has 2 aromatic heterocycles. The van der Waals surface area contributed by atoms with Crippen molar-refractivity contribution in [2.75, 3.05) is 17.3 Å². The Bertz CT molecular complexity index is 640. The van der Waals surface area contributed by atoms with Crippen molar-refractivity contribution in [2.45, 2.75) is 19.1 Å². The van der Waals surface area contributed by atoms with Crippen molar-refractivity contribution in [3.8, 4) is 0 Å². The predicted octanol–water partition coefficient (Wildman–Crippen LogP) is 1.93. The zero-order chi connectivity index (χ0) is 14.9. The van der Waals surface area contributed by atoms with Crippen molar-refractivity contribution in [1.82, 2.24) is 14.6 Å². The summed E-state index contributed by atoms with van der Waals surface area (Å²) in [4.78, 5) is 4.01. The Morgan fingerprint density at radius 3 is 2.80 bits per heavy atom. The number of hydrogen-bond donors (Lipinski definition) is 1. The Labute approximate surface area is 115 Å². The predicted molar refractivity (Wildman–Crippen MR) is 70.0 cm³/mol. The minimum atomic E-state index is -4.50. The topological polar surface area (TPSA) is 59.3 Å². The molecule has 2 heterocycles. The standard InChI is InChI=1S/C11H13F3N4OS/c1-7(6-20(2)19)16-10-8-5-9(11(12,13)14)17-18(8)4-3-15-10/h3-5,7H,6H2,1-2H3,(H,15,16). The molecule has 0 aromatic carbocycles. The molecule has 5 nitrogen and oxygen atoms in total. The summed E-state index contributed by atoms with van der Waals surface area (Å²) in [5.41, 5.74) is -0.742. The zero-order valence-electron chi connectivity index (χ0n) is 10.8. The normalized spacial score (nSPS) is 15.2. The highest BCUT2D eigenvalue weighted by atomic mass is 32.2. The number of fused-ring (bicyclic) bond motifs is 1. The molecule has 2 unspecified atom stereocenters. The van der Waals surface area contributed by atoms with Crippen molar-refractivity contribution in [3.63, 3.8) is 0 Å². The van der Waals surface area contributed by atoms with Crippen LogP contribution in [0, 0.1) is 0 Å². The van der Waals surface area contributed by atoms with Crippen LogP contribution in [0.2, 0.25) is 0 Å². The minimum Gasteiger partial charge on any atom is -0.365 e. The van der Waals surface area contributed by atoms with Crippen LogP contribution in [-0.4, -0.2) is 36.9 Å². The van der Waals surface area contributed by atoms with Gasteiger partial charge in [-0.05, 0) is 6.92 Å². The molecule has 0 fully saturated rings. The highest BCUT2D eigenvalue weighted by molar-refractivity contribution is 7.84. The van der Waals surface area contributed by atoms with Gasteiger partial charge in [0.25, 0.3) is 0 Å². The monoisotopic (exact) mass is 306 g/mol. The lowest BCUT2D eigenvalue weighted by Gasteiger charge is -2.13. The number of nitrogens with zero attached hydrogens (tertiary/aromatic N) is 3. The van der Waals surface area contributed by atoms with Crippen LogP contribution < -0.4 is 5.32 Å². The van der Waals surface area contributed by atoms with Crippen LogP contribution in [0.1, 0.15) is 12.6 Å². The Morgan fingerprint density at radius 2 is 2.20 bits per heavy atom. The number of nitrogens with one attached hydrogen (secondary N) is 1. The van der Waals surface area contributed by atoms with E-state index in [0.717, 1.165) is 10.6 Å². The Balaban J connectivity index is 2.34. The van der Waals surface area contributed by atoms with Crippen molar-refractivity contribution >= 4 is 22.1 Å². The maximum atomic E-state index is 12.6. The van der Waals surface area contributed by atoms with E-state index < -0.39 is 22.7 Å². The summed E-state index contributed by atoms with van der Waals surface area (Å²) in [6, 6.07) is 0.758. The van der Waals surface area contributed by atoms with E-state index in [2.05, 4.69) is 15.4 Å². The van der Waals surface area contributed by atoms with Crippen molar-refractivity contribution in [2.24, 2.45) is 0 Å². The van der Waals surface area contributed by atoms with E-state index in [-0.39, 0.29) is 17.4 Å². The van der Waals surface area contributed by atoms with Crippen LogP contribution in [0.25, 0.3) is 5.52 Å². The molecule has 0 saturated carbocycles. The molecule has 0 bridgehead atoms. The molecule has 0 saturated heterocycles. The number of alkyl halides is 3. The molecule has 0 aliphatic carbocycles. The lowest BCUT2D eigenvalue weighted by atomic mass is 10.3. The molecular weight excluding hydrogens is 293 g/mol. The van der Waals surface area contributed by atoms with Crippen molar-refractivity contribution in [3.05, 3.63) is 24.2 Å². The number of rotatable bonds is 4. The second-order valence-corrected chi connectivity index (χ2v) is 5.90. The van der Waals surface area contributed by atoms with Gasteiger partial charge in [0, 0.05) is 47.3 Å². The van der Waals surface area contributed by atoms with Crippen molar-refractivity contribution < 1.29 is 17.4 Å². The first-order valence-corrected chi connectivity index (χ1v) is 7.48. The molecule has 2 rings (SSSR count).